The fraction of sp³-hybridized carbons (Fsp3) is 0.148. The molecule has 12 nitrogen and oxygen atoms in total. The van der Waals surface area contributed by atoms with Gasteiger partial charge in [-0.25, -0.2) is 14.1 Å². The number of tetrazole rings is 1. The number of carbonyl (C=O) groups excluding carboxylic acids is 2. The summed E-state index contributed by atoms with van der Waals surface area (Å²) >= 11 is 12.2. The van der Waals surface area contributed by atoms with Gasteiger partial charge >= 0.3 is 12.5 Å². The zero-order valence-corrected chi connectivity index (χ0v) is 25.0. The number of anilines is 1. The Labute approximate surface area is 273 Å². The van der Waals surface area contributed by atoms with E-state index >= 15 is 4.39 Å². The van der Waals surface area contributed by atoms with Crippen LogP contribution in [0, 0.1) is 5.82 Å². The van der Waals surface area contributed by atoms with Crippen molar-refractivity contribution in [1.82, 2.24) is 40.3 Å². The third-order valence-corrected chi connectivity index (χ3v) is 6.63. The van der Waals surface area contributed by atoms with Gasteiger partial charge in [-0.3, -0.25) is 9.59 Å². The smallest absolute Gasteiger partial charge is 0.405 e. The molecule has 5 rings (SSSR count). The maximum absolute atomic E-state index is 15.2. The molecule has 0 aliphatic rings. The lowest BCUT2D eigenvalue weighted by atomic mass is 10.1. The van der Waals surface area contributed by atoms with Gasteiger partial charge in [0, 0.05) is 23.3 Å². The van der Waals surface area contributed by atoms with Crippen LogP contribution in [0.25, 0.3) is 5.82 Å². The average molecular weight is 718 g/mol. The summed E-state index contributed by atoms with van der Waals surface area (Å²) in [7, 11) is 0. The molecule has 3 heterocycles. The Morgan fingerprint density at radius 2 is 1.69 bits per heavy atom. The summed E-state index contributed by atoms with van der Waals surface area (Å²) in [5, 5.41) is 18.0. The van der Waals surface area contributed by atoms with Gasteiger partial charge in [0.1, 0.15) is 23.8 Å². The van der Waals surface area contributed by atoms with Crippen LogP contribution in [-0.2, 0) is 19.3 Å². The molecule has 0 fully saturated rings. The molecule has 2 amide bonds. The molecule has 0 bridgehead atoms. The number of pyridine rings is 1. The molecule has 2 aromatic carbocycles. The fourth-order valence-electron chi connectivity index (χ4n) is 4.13. The summed E-state index contributed by atoms with van der Waals surface area (Å²) in [5.41, 5.74) is -1.74. The van der Waals surface area contributed by atoms with Crippen molar-refractivity contribution in [1.29, 1.82) is 0 Å². The van der Waals surface area contributed by atoms with E-state index < -0.39 is 66.1 Å². The van der Waals surface area contributed by atoms with Crippen molar-refractivity contribution < 1.29 is 45.1 Å². The standard InChI is InChI=1S/C27H16Cl2F7N9O3/c28-14-8-16(23(46)38-11-13-4-1-2-6-20(13)48-27(34,35)36)21(18(30)9-14)39-24(47)19-10-15(12-44-42-25(40-43-44)26(31,32)33)41-45(19)22-17(29)5-3-7-37-22/h1-10H,11-12H2,(H,38,46)(H,39,47). The molecule has 48 heavy (non-hydrogen) atoms. The molecular formula is C27H16Cl2F7N9O3. The molecule has 250 valence electrons. The monoisotopic (exact) mass is 717 g/mol. The molecule has 0 saturated heterocycles. The van der Waals surface area contributed by atoms with Gasteiger partial charge in [-0.15, -0.1) is 23.4 Å². The first-order valence-corrected chi connectivity index (χ1v) is 13.8. The van der Waals surface area contributed by atoms with E-state index in [2.05, 4.69) is 40.9 Å². The fourth-order valence-corrected chi connectivity index (χ4v) is 4.54. The van der Waals surface area contributed by atoms with Crippen molar-refractivity contribution in [2.45, 2.75) is 25.6 Å². The number of benzene rings is 2. The molecule has 3 aromatic heterocycles. The number of hydrogen-bond donors (Lipinski definition) is 2. The SMILES string of the molecule is O=C(NCc1ccccc1OC(F)(F)F)c1cc(Cl)cc(F)c1NC(=O)c1cc(Cn2nnc(C(F)(F)F)n2)nn1-c1ncccc1Cl. The third kappa shape index (κ3) is 7.97. The van der Waals surface area contributed by atoms with Crippen LogP contribution in [0.2, 0.25) is 10.0 Å². The molecule has 0 atom stereocenters. The molecule has 5 aromatic rings. The number of aromatic nitrogens is 7. The van der Waals surface area contributed by atoms with Crippen LogP contribution >= 0.6 is 23.2 Å². The highest BCUT2D eigenvalue weighted by Gasteiger charge is 2.37. The van der Waals surface area contributed by atoms with Crippen LogP contribution in [0.4, 0.5) is 36.4 Å². The van der Waals surface area contributed by atoms with Crippen molar-refractivity contribution >= 4 is 40.7 Å². The summed E-state index contributed by atoms with van der Waals surface area (Å²) in [4.78, 5) is 31.4. The van der Waals surface area contributed by atoms with E-state index in [1.807, 2.05) is 0 Å². The van der Waals surface area contributed by atoms with Gasteiger partial charge in [-0.1, -0.05) is 41.4 Å². The maximum atomic E-state index is 15.2. The number of hydrogen-bond acceptors (Lipinski definition) is 8. The summed E-state index contributed by atoms with van der Waals surface area (Å²) < 4.78 is 97.5. The highest BCUT2D eigenvalue weighted by molar-refractivity contribution is 6.32. The van der Waals surface area contributed by atoms with Gasteiger partial charge in [0.05, 0.1) is 22.0 Å². The molecule has 0 aliphatic carbocycles. The van der Waals surface area contributed by atoms with E-state index in [1.54, 1.807) is 0 Å². The number of nitrogens with one attached hydrogen (secondary N) is 2. The lowest BCUT2D eigenvalue weighted by Gasteiger charge is -2.15. The Balaban J connectivity index is 1.45. The minimum Gasteiger partial charge on any atom is -0.405 e. The van der Waals surface area contributed by atoms with Crippen molar-refractivity contribution in [3.8, 4) is 11.6 Å². The molecule has 0 radical (unpaired) electrons. The van der Waals surface area contributed by atoms with Gasteiger partial charge in [0.2, 0.25) is 0 Å². The number of amides is 2. The molecule has 21 heteroatoms. The van der Waals surface area contributed by atoms with Gasteiger partial charge in [0.25, 0.3) is 17.6 Å². The second-order valence-electron chi connectivity index (χ2n) is 9.49. The summed E-state index contributed by atoms with van der Waals surface area (Å²) in [6.45, 7) is -1.02. The zero-order valence-electron chi connectivity index (χ0n) is 23.4. The van der Waals surface area contributed by atoms with Crippen LogP contribution in [0.3, 0.4) is 0 Å². The van der Waals surface area contributed by atoms with E-state index in [1.165, 1.54) is 36.5 Å². The first-order chi connectivity index (χ1) is 22.6. The zero-order chi connectivity index (χ0) is 34.8. The minimum absolute atomic E-state index is 0.00744. The van der Waals surface area contributed by atoms with Crippen molar-refractivity contribution in [3.05, 3.63) is 105 Å². The molecule has 0 saturated carbocycles. The largest absolute Gasteiger partial charge is 0.573 e. The topological polar surface area (TPSA) is 142 Å². The molecule has 0 unspecified atom stereocenters. The van der Waals surface area contributed by atoms with Crippen LogP contribution in [0.5, 0.6) is 5.75 Å². The van der Waals surface area contributed by atoms with Crippen LogP contribution in [0.15, 0.2) is 60.8 Å². The van der Waals surface area contributed by atoms with Gasteiger partial charge in [-0.05, 0) is 41.6 Å². The van der Waals surface area contributed by atoms with Crippen molar-refractivity contribution in [3.63, 3.8) is 0 Å². The third-order valence-electron chi connectivity index (χ3n) is 6.12. The number of nitrogens with zero attached hydrogens (tertiary/aromatic N) is 7. The second-order valence-corrected chi connectivity index (χ2v) is 10.3. The molecular weight excluding hydrogens is 702 g/mol. The van der Waals surface area contributed by atoms with E-state index in [0.717, 1.165) is 28.9 Å². The normalized spacial score (nSPS) is 11.8. The number of halogens is 9. The van der Waals surface area contributed by atoms with Gasteiger partial charge in [0.15, 0.2) is 5.82 Å². The Kier molecular flexibility index (Phi) is 9.53. The molecule has 0 spiro atoms. The quantitative estimate of drug-likeness (QED) is 0.181. The molecule has 2 N–H and O–H groups in total. The highest BCUT2D eigenvalue weighted by atomic mass is 35.5. The number of rotatable bonds is 9. The number of para-hydroxylation sites is 1. The Hall–Kier alpha value is -5.30. The summed E-state index contributed by atoms with van der Waals surface area (Å²) in [6.07, 6.45) is -8.59. The van der Waals surface area contributed by atoms with Crippen LogP contribution in [0.1, 0.15) is 37.9 Å². The van der Waals surface area contributed by atoms with Crippen LogP contribution in [-0.4, -0.2) is 53.1 Å². The number of carbonyl (C=O) groups is 2. The van der Waals surface area contributed by atoms with Gasteiger partial charge < -0.3 is 15.4 Å². The molecule has 0 aliphatic heterocycles. The van der Waals surface area contributed by atoms with E-state index in [9.17, 15) is 35.9 Å². The first kappa shape index (κ1) is 34.0. The Morgan fingerprint density at radius 1 is 0.938 bits per heavy atom. The van der Waals surface area contributed by atoms with Gasteiger partial charge in [-0.2, -0.15) is 23.1 Å². The van der Waals surface area contributed by atoms with Crippen molar-refractivity contribution in [2.75, 3.05) is 5.32 Å². The number of ether oxygens (including phenoxy) is 1. The first-order valence-electron chi connectivity index (χ1n) is 13.1. The average Bonchev–Trinajstić information content (AvgIpc) is 3.65. The minimum atomic E-state index is -5.02. The second kappa shape index (κ2) is 13.4. The number of alkyl halides is 6. The Morgan fingerprint density at radius 3 is 2.38 bits per heavy atom. The highest BCUT2D eigenvalue weighted by Crippen LogP contribution is 2.29. The lowest BCUT2D eigenvalue weighted by molar-refractivity contribution is -0.274. The Bertz CT molecular complexity index is 2000. The van der Waals surface area contributed by atoms with E-state index in [4.69, 9.17) is 23.2 Å². The predicted octanol–water partition coefficient (Wildman–Crippen LogP) is 5.85. The lowest BCUT2D eigenvalue weighted by Crippen LogP contribution is -2.27. The summed E-state index contributed by atoms with van der Waals surface area (Å²) in [6, 6.07) is 10.7. The van der Waals surface area contributed by atoms with Crippen LogP contribution < -0.4 is 15.4 Å². The summed E-state index contributed by atoms with van der Waals surface area (Å²) in [5.74, 6) is -5.54. The maximum Gasteiger partial charge on any atom is 0.573 e. The predicted molar refractivity (Wildman–Crippen MR) is 152 cm³/mol. The van der Waals surface area contributed by atoms with E-state index in [0.29, 0.717) is 4.80 Å². The van der Waals surface area contributed by atoms with Crippen molar-refractivity contribution in [2.24, 2.45) is 0 Å². The van der Waals surface area contributed by atoms with E-state index in [-0.39, 0.29) is 32.8 Å².